The molecule has 2 atom stereocenters. The number of carbonyl (C=O) groups is 2. The van der Waals surface area contributed by atoms with Crippen LogP contribution in [0, 0.1) is 0 Å². The number of hydrogen-bond acceptors (Lipinski definition) is 6. The molecule has 0 spiro atoms. The third-order valence-corrected chi connectivity index (χ3v) is 6.95. The Balaban J connectivity index is 1.64. The van der Waals surface area contributed by atoms with Crippen molar-refractivity contribution in [3.05, 3.63) is 59.9 Å². The zero-order valence-corrected chi connectivity index (χ0v) is 21.7. The highest BCUT2D eigenvalue weighted by atomic mass is 16.5. The van der Waals surface area contributed by atoms with Gasteiger partial charge in [-0.15, -0.1) is 0 Å². The molecule has 0 aliphatic carbocycles. The maximum atomic E-state index is 13.9. The summed E-state index contributed by atoms with van der Waals surface area (Å²) < 4.78 is 5.42. The van der Waals surface area contributed by atoms with E-state index in [4.69, 9.17) is 4.74 Å². The molecule has 2 aliphatic heterocycles. The molecule has 2 saturated heterocycles. The number of amides is 2. The minimum absolute atomic E-state index is 0.0139. The first kappa shape index (κ1) is 26.3. The summed E-state index contributed by atoms with van der Waals surface area (Å²) in [6.45, 7) is 11.7. The number of nitrogens with one attached hydrogen (secondary N) is 2. The van der Waals surface area contributed by atoms with Gasteiger partial charge in [-0.1, -0.05) is 39.0 Å². The summed E-state index contributed by atoms with van der Waals surface area (Å²) in [4.78, 5) is 35.9. The van der Waals surface area contributed by atoms with E-state index in [0.717, 1.165) is 39.0 Å². The maximum absolute atomic E-state index is 13.9. The maximum Gasteiger partial charge on any atom is 0.247 e. The standard InChI is InChI=1S/C28H39N5O3/c1-28(2,3)22-8-10-23(11-9-22)33(27(35)24-7-5-13-30-24)25(21-6-4-12-29-20-21)26(34)31-14-15-32-16-18-36-19-17-32/h4,6,8-12,20,24-25,30H,5,7,13-19H2,1-3H3,(H,31,34). The van der Waals surface area contributed by atoms with Gasteiger partial charge in [0.1, 0.15) is 6.04 Å². The lowest BCUT2D eigenvalue weighted by molar-refractivity contribution is -0.127. The van der Waals surface area contributed by atoms with Crippen LogP contribution in [0.5, 0.6) is 0 Å². The summed E-state index contributed by atoms with van der Waals surface area (Å²) in [6.07, 6.45) is 5.06. The van der Waals surface area contributed by atoms with Gasteiger partial charge in [0.25, 0.3) is 0 Å². The number of pyridine rings is 1. The lowest BCUT2D eigenvalue weighted by atomic mass is 9.87. The fourth-order valence-electron chi connectivity index (χ4n) is 4.80. The molecule has 36 heavy (non-hydrogen) atoms. The summed E-state index contributed by atoms with van der Waals surface area (Å²) in [6, 6.07) is 10.6. The Kier molecular flexibility index (Phi) is 8.72. The van der Waals surface area contributed by atoms with E-state index in [1.807, 2.05) is 36.4 Å². The molecule has 194 valence electrons. The third kappa shape index (κ3) is 6.49. The smallest absolute Gasteiger partial charge is 0.247 e. The van der Waals surface area contributed by atoms with Crippen molar-refractivity contribution in [2.45, 2.75) is 51.1 Å². The van der Waals surface area contributed by atoms with Crippen LogP contribution in [0.3, 0.4) is 0 Å². The number of rotatable bonds is 8. The van der Waals surface area contributed by atoms with E-state index in [1.165, 1.54) is 5.56 Å². The minimum Gasteiger partial charge on any atom is -0.379 e. The zero-order chi connectivity index (χ0) is 25.5. The molecule has 0 saturated carbocycles. The van der Waals surface area contributed by atoms with E-state index >= 15 is 0 Å². The number of hydrogen-bond donors (Lipinski definition) is 2. The molecular weight excluding hydrogens is 454 g/mol. The van der Waals surface area contributed by atoms with Crippen molar-refractivity contribution in [1.29, 1.82) is 0 Å². The number of anilines is 1. The first-order valence-corrected chi connectivity index (χ1v) is 13.0. The van der Waals surface area contributed by atoms with Gasteiger partial charge < -0.3 is 15.4 Å². The van der Waals surface area contributed by atoms with Crippen LogP contribution in [-0.2, 0) is 19.7 Å². The molecule has 2 N–H and O–H groups in total. The fraction of sp³-hybridized carbons (Fsp3) is 0.536. The van der Waals surface area contributed by atoms with E-state index in [1.54, 1.807) is 17.3 Å². The van der Waals surface area contributed by atoms with Gasteiger partial charge in [-0.3, -0.25) is 24.4 Å². The van der Waals surface area contributed by atoms with Crippen LogP contribution in [0.2, 0.25) is 0 Å². The fourth-order valence-corrected chi connectivity index (χ4v) is 4.80. The zero-order valence-electron chi connectivity index (χ0n) is 21.7. The number of ether oxygens (including phenoxy) is 1. The van der Waals surface area contributed by atoms with Crippen LogP contribution in [-0.4, -0.2) is 73.7 Å². The second-order valence-electron chi connectivity index (χ2n) is 10.6. The molecule has 1 aromatic heterocycles. The highest BCUT2D eigenvalue weighted by Crippen LogP contribution is 2.32. The van der Waals surface area contributed by atoms with Gasteiger partial charge in [0.15, 0.2) is 0 Å². The third-order valence-electron chi connectivity index (χ3n) is 6.95. The Morgan fingerprint density at radius 2 is 1.94 bits per heavy atom. The second-order valence-corrected chi connectivity index (χ2v) is 10.6. The molecule has 2 unspecified atom stereocenters. The lowest BCUT2D eigenvalue weighted by Crippen LogP contribution is -2.51. The number of morpholine rings is 1. The molecular formula is C28H39N5O3. The Labute approximate surface area is 214 Å². The molecule has 8 nitrogen and oxygen atoms in total. The second kappa shape index (κ2) is 12.0. The Morgan fingerprint density at radius 1 is 1.19 bits per heavy atom. The predicted molar refractivity (Wildman–Crippen MR) is 141 cm³/mol. The van der Waals surface area contributed by atoms with Crippen LogP contribution in [0.15, 0.2) is 48.8 Å². The molecule has 3 heterocycles. The van der Waals surface area contributed by atoms with E-state index < -0.39 is 6.04 Å². The minimum atomic E-state index is -0.821. The van der Waals surface area contributed by atoms with Gasteiger partial charge in [0.05, 0.1) is 19.3 Å². The number of carbonyl (C=O) groups excluding carboxylic acids is 2. The van der Waals surface area contributed by atoms with Crippen molar-refractivity contribution in [3.8, 4) is 0 Å². The summed E-state index contributed by atoms with van der Waals surface area (Å²) in [5.41, 5.74) is 2.55. The summed E-state index contributed by atoms with van der Waals surface area (Å²) in [5, 5.41) is 6.41. The monoisotopic (exact) mass is 493 g/mol. The van der Waals surface area contributed by atoms with E-state index in [9.17, 15) is 9.59 Å². The van der Waals surface area contributed by atoms with E-state index in [2.05, 4.69) is 41.3 Å². The van der Waals surface area contributed by atoms with Crippen LogP contribution in [0.4, 0.5) is 5.69 Å². The van der Waals surface area contributed by atoms with Gasteiger partial charge in [0.2, 0.25) is 11.8 Å². The normalized spacial score (nSPS) is 19.6. The first-order chi connectivity index (χ1) is 17.3. The number of aromatic nitrogens is 1. The molecule has 8 heteroatoms. The van der Waals surface area contributed by atoms with Crippen LogP contribution < -0.4 is 15.5 Å². The average molecular weight is 494 g/mol. The van der Waals surface area contributed by atoms with Gasteiger partial charge in [-0.05, 0) is 48.6 Å². The topological polar surface area (TPSA) is 86.8 Å². The van der Waals surface area contributed by atoms with E-state index in [-0.39, 0.29) is 23.3 Å². The first-order valence-electron chi connectivity index (χ1n) is 13.0. The Hall–Kier alpha value is -2.81. The molecule has 2 fully saturated rings. The van der Waals surface area contributed by atoms with Crippen molar-refractivity contribution >= 4 is 17.5 Å². The van der Waals surface area contributed by atoms with Crippen molar-refractivity contribution in [2.24, 2.45) is 0 Å². The molecule has 2 aliphatic rings. The molecule has 2 amide bonds. The Morgan fingerprint density at radius 3 is 2.56 bits per heavy atom. The van der Waals surface area contributed by atoms with Gasteiger partial charge in [-0.2, -0.15) is 0 Å². The lowest BCUT2D eigenvalue weighted by Gasteiger charge is -2.34. The van der Waals surface area contributed by atoms with Crippen LogP contribution >= 0.6 is 0 Å². The molecule has 0 bridgehead atoms. The van der Waals surface area contributed by atoms with Gasteiger partial charge in [-0.25, -0.2) is 0 Å². The van der Waals surface area contributed by atoms with Crippen molar-refractivity contribution < 1.29 is 14.3 Å². The highest BCUT2D eigenvalue weighted by Gasteiger charge is 2.37. The predicted octanol–water partition coefficient (Wildman–Crippen LogP) is 2.65. The average Bonchev–Trinajstić information content (AvgIpc) is 3.43. The number of nitrogens with zero attached hydrogens (tertiary/aromatic N) is 3. The van der Waals surface area contributed by atoms with Crippen LogP contribution in [0.1, 0.15) is 50.8 Å². The Bertz CT molecular complexity index is 994. The van der Waals surface area contributed by atoms with Gasteiger partial charge >= 0.3 is 0 Å². The quantitative estimate of drug-likeness (QED) is 0.588. The summed E-state index contributed by atoms with van der Waals surface area (Å²) in [7, 11) is 0. The molecule has 1 aromatic carbocycles. The summed E-state index contributed by atoms with van der Waals surface area (Å²) in [5.74, 6) is -0.296. The van der Waals surface area contributed by atoms with Crippen molar-refractivity contribution in [1.82, 2.24) is 20.5 Å². The van der Waals surface area contributed by atoms with Gasteiger partial charge in [0, 0.05) is 49.8 Å². The van der Waals surface area contributed by atoms with Crippen molar-refractivity contribution in [2.75, 3.05) is 50.8 Å². The number of benzene rings is 1. The largest absolute Gasteiger partial charge is 0.379 e. The molecule has 4 rings (SSSR count). The molecule has 0 radical (unpaired) electrons. The SMILES string of the molecule is CC(C)(C)c1ccc(N(C(=O)C2CCCN2)C(C(=O)NCCN2CCOCC2)c2cccnc2)cc1. The van der Waals surface area contributed by atoms with Crippen molar-refractivity contribution in [3.63, 3.8) is 0 Å². The highest BCUT2D eigenvalue weighted by molar-refractivity contribution is 6.03. The van der Waals surface area contributed by atoms with E-state index in [0.29, 0.717) is 31.0 Å². The van der Waals surface area contributed by atoms with Crippen LogP contribution in [0.25, 0.3) is 0 Å². The summed E-state index contributed by atoms with van der Waals surface area (Å²) >= 11 is 0. The molecule has 2 aromatic rings.